The van der Waals surface area contributed by atoms with Gasteiger partial charge in [0.05, 0.1) is 0 Å². The standard InChI is InChI=1S/C12H28N4O2S/c1-15(2)9-6-4-8-14-19(17,18)16-10-5-3-7-12(16)11-13/h12,14H,3-11,13H2,1-2H3. The van der Waals surface area contributed by atoms with Gasteiger partial charge >= 0.3 is 0 Å². The number of hydrogen-bond acceptors (Lipinski definition) is 4. The zero-order valence-electron chi connectivity index (χ0n) is 12.1. The highest BCUT2D eigenvalue weighted by molar-refractivity contribution is 7.87. The Morgan fingerprint density at radius 1 is 1.32 bits per heavy atom. The topological polar surface area (TPSA) is 78.7 Å². The minimum Gasteiger partial charge on any atom is -0.329 e. The van der Waals surface area contributed by atoms with Crippen LogP contribution >= 0.6 is 0 Å². The predicted molar refractivity (Wildman–Crippen MR) is 78.1 cm³/mol. The smallest absolute Gasteiger partial charge is 0.279 e. The van der Waals surface area contributed by atoms with Crippen molar-refractivity contribution in [2.75, 3.05) is 40.3 Å². The van der Waals surface area contributed by atoms with E-state index in [4.69, 9.17) is 5.73 Å². The second-order valence-electron chi connectivity index (χ2n) is 5.41. The number of piperidine rings is 1. The molecular weight excluding hydrogens is 264 g/mol. The molecule has 1 saturated heterocycles. The number of unbranched alkanes of at least 4 members (excludes halogenated alkanes) is 1. The molecule has 0 aliphatic carbocycles. The summed E-state index contributed by atoms with van der Waals surface area (Å²) in [5, 5.41) is 0. The first-order valence-electron chi connectivity index (χ1n) is 7.08. The van der Waals surface area contributed by atoms with E-state index >= 15 is 0 Å². The van der Waals surface area contributed by atoms with Crippen LogP contribution in [0.15, 0.2) is 0 Å². The summed E-state index contributed by atoms with van der Waals surface area (Å²) >= 11 is 0. The maximum atomic E-state index is 12.2. The summed E-state index contributed by atoms with van der Waals surface area (Å²) in [7, 11) is 0.680. The molecule has 0 aromatic carbocycles. The average Bonchev–Trinajstić information content (AvgIpc) is 2.37. The summed E-state index contributed by atoms with van der Waals surface area (Å²) in [4.78, 5) is 2.10. The van der Waals surface area contributed by atoms with Crippen molar-refractivity contribution >= 4 is 10.2 Å². The molecular formula is C12H28N4O2S. The highest BCUT2D eigenvalue weighted by atomic mass is 32.2. The predicted octanol–water partition coefficient (Wildman–Crippen LogP) is -0.0242. The summed E-state index contributed by atoms with van der Waals surface area (Å²) < 4.78 is 28.6. The van der Waals surface area contributed by atoms with Gasteiger partial charge in [0.15, 0.2) is 0 Å². The number of hydrogen-bond donors (Lipinski definition) is 2. The average molecular weight is 292 g/mol. The summed E-state index contributed by atoms with van der Waals surface area (Å²) in [6, 6.07) is -0.0342. The quantitative estimate of drug-likeness (QED) is 0.616. The SMILES string of the molecule is CN(C)CCCCNS(=O)(=O)N1CCCCC1CN. The van der Waals surface area contributed by atoms with Crippen molar-refractivity contribution in [2.24, 2.45) is 5.73 Å². The number of nitrogens with one attached hydrogen (secondary N) is 1. The van der Waals surface area contributed by atoms with E-state index in [1.54, 1.807) is 4.31 Å². The Hall–Kier alpha value is -0.210. The van der Waals surface area contributed by atoms with Gasteiger partial charge in [-0.3, -0.25) is 0 Å². The normalized spacial score (nSPS) is 22.0. The molecule has 114 valence electrons. The van der Waals surface area contributed by atoms with Crippen molar-refractivity contribution in [2.45, 2.75) is 38.1 Å². The third kappa shape index (κ3) is 5.74. The molecule has 1 aliphatic heterocycles. The maximum Gasteiger partial charge on any atom is 0.279 e. The molecule has 19 heavy (non-hydrogen) atoms. The molecule has 0 spiro atoms. The highest BCUT2D eigenvalue weighted by Gasteiger charge is 2.30. The Morgan fingerprint density at radius 3 is 2.68 bits per heavy atom. The third-order valence-corrected chi connectivity index (χ3v) is 5.14. The fourth-order valence-corrected chi connectivity index (χ4v) is 3.88. The van der Waals surface area contributed by atoms with Crippen LogP contribution in [0.2, 0.25) is 0 Å². The van der Waals surface area contributed by atoms with E-state index in [2.05, 4.69) is 9.62 Å². The first-order chi connectivity index (χ1) is 8.97. The number of nitrogens with zero attached hydrogens (tertiary/aromatic N) is 2. The minimum atomic E-state index is -3.36. The van der Waals surface area contributed by atoms with E-state index in [-0.39, 0.29) is 6.04 Å². The highest BCUT2D eigenvalue weighted by Crippen LogP contribution is 2.18. The van der Waals surface area contributed by atoms with Crippen molar-refractivity contribution in [3.8, 4) is 0 Å². The molecule has 0 bridgehead atoms. The van der Waals surface area contributed by atoms with Crippen LogP contribution in [0.3, 0.4) is 0 Å². The Kier molecular flexibility index (Phi) is 7.23. The molecule has 0 amide bonds. The monoisotopic (exact) mass is 292 g/mol. The van der Waals surface area contributed by atoms with Gasteiger partial charge in [-0.15, -0.1) is 0 Å². The Morgan fingerprint density at radius 2 is 2.05 bits per heavy atom. The molecule has 7 heteroatoms. The van der Waals surface area contributed by atoms with Crippen molar-refractivity contribution in [3.05, 3.63) is 0 Å². The molecule has 1 rings (SSSR count). The molecule has 1 heterocycles. The van der Waals surface area contributed by atoms with E-state index in [1.165, 1.54) is 0 Å². The van der Waals surface area contributed by atoms with Crippen LogP contribution in [-0.2, 0) is 10.2 Å². The van der Waals surface area contributed by atoms with Crippen LogP contribution < -0.4 is 10.5 Å². The second-order valence-corrected chi connectivity index (χ2v) is 7.11. The van der Waals surface area contributed by atoms with Crippen LogP contribution in [0.1, 0.15) is 32.1 Å². The van der Waals surface area contributed by atoms with E-state index < -0.39 is 10.2 Å². The van der Waals surface area contributed by atoms with Gasteiger partial charge < -0.3 is 10.6 Å². The number of nitrogens with two attached hydrogens (primary N) is 1. The first kappa shape index (κ1) is 16.8. The van der Waals surface area contributed by atoms with Gasteiger partial charge in [0, 0.05) is 25.7 Å². The molecule has 0 aromatic rings. The Bertz CT molecular complexity index is 346. The van der Waals surface area contributed by atoms with Crippen molar-refractivity contribution in [1.29, 1.82) is 0 Å². The minimum absolute atomic E-state index is 0.0342. The van der Waals surface area contributed by atoms with Crippen LogP contribution in [0.5, 0.6) is 0 Å². The fourth-order valence-electron chi connectivity index (χ4n) is 2.36. The van der Waals surface area contributed by atoms with Gasteiger partial charge in [-0.05, 0) is 46.3 Å². The van der Waals surface area contributed by atoms with Crippen molar-refractivity contribution < 1.29 is 8.42 Å². The molecule has 1 aliphatic rings. The second kappa shape index (κ2) is 8.16. The summed E-state index contributed by atoms with van der Waals surface area (Å²) in [6.07, 6.45) is 4.72. The molecule has 1 fully saturated rings. The van der Waals surface area contributed by atoms with Crippen LogP contribution in [0.25, 0.3) is 0 Å². The summed E-state index contributed by atoms with van der Waals surface area (Å²) in [5.74, 6) is 0. The maximum absolute atomic E-state index is 12.2. The van der Waals surface area contributed by atoms with Gasteiger partial charge in [0.1, 0.15) is 0 Å². The lowest BCUT2D eigenvalue weighted by atomic mass is 10.1. The van der Waals surface area contributed by atoms with Gasteiger partial charge in [-0.2, -0.15) is 12.7 Å². The van der Waals surface area contributed by atoms with Gasteiger partial charge in [0.25, 0.3) is 10.2 Å². The van der Waals surface area contributed by atoms with E-state index in [1.807, 2.05) is 14.1 Å². The molecule has 0 aromatic heterocycles. The first-order valence-corrected chi connectivity index (χ1v) is 8.52. The van der Waals surface area contributed by atoms with E-state index in [0.717, 1.165) is 38.6 Å². The molecule has 6 nitrogen and oxygen atoms in total. The lowest BCUT2D eigenvalue weighted by Crippen LogP contribution is -2.51. The Labute approximate surface area is 117 Å². The van der Waals surface area contributed by atoms with Gasteiger partial charge in [0.2, 0.25) is 0 Å². The lowest BCUT2D eigenvalue weighted by Gasteiger charge is -2.33. The molecule has 1 unspecified atom stereocenters. The number of rotatable bonds is 8. The zero-order valence-corrected chi connectivity index (χ0v) is 13.0. The molecule has 1 atom stereocenters. The zero-order chi connectivity index (χ0) is 14.3. The lowest BCUT2D eigenvalue weighted by molar-refractivity contribution is 0.254. The van der Waals surface area contributed by atoms with Crippen LogP contribution in [-0.4, -0.2) is 63.9 Å². The summed E-state index contributed by atoms with van der Waals surface area (Å²) in [5.41, 5.74) is 5.66. The van der Waals surface area contributed by atoms with Crippen LogP contribution in [0, 0.1) is 0 Å². The third-order valence-electron chi connectivity index (χ3n) is 3.47. The van der Waals surface area contributed by atoms with Gasteiger partial charge in [-0.25, -0.2) is 4.72 Å². The molecule has 0 radical (unpaired) electrons. The fraction of sp³-hybridized carbons (Fsp3) is 1.00. The molecule has 3 N–H and O–H groups in total. The van der Waals surface area contributed by atoms with Crippen molar-refractivity contribution in [1.82, 2.24) is 13.9 Å². The van der Waals surface area contributed by atoms with E-state index in [0.29, 0.717) is 19.6 Å². The van der Waals surface area contributed by atoms with Gasteiger partial charge in [-0.1, -0.05) is 6.42 Å². The molecule has 0 saturated carbocycles. The van der Waals surface area contributed by atoms with Crippen molar-refractivity contribution in [3.63, 3.8) is 0 Å². The Balaban J connectivity index is 2.37. The largest absolute Gasteiger partial charge is 0.329 e. The van der Waals surface area contributed by atoms with Crippen LogP contribution in [0.4, 0.5) is 0 Å². The summed E-state index contributed by atoms with van der Waals surface area (Å²) in [6.45, 7) is 2.48. The van der Waals surface area contributed by atoms with E-state index in [9.17, 15) is 8.42 Å².